The summed E-state index contributed by atoms with van der Waals surface area (Å²) in [5.41, 5.74) is 0.523. The summed E-state index contributed by atoms with van der Waals surface area (Å²) in [6.07, 6.45) is 0.479. The minimum absolute atomic E-state index is 0.119. The van der Waals surface area contributed by atoms with E-state index in [0.717, 1.165) is 0 Å². The molecule has 1 amide bonds. The monoisotopic (exact) mass is 509 g/mol. The van der Waals surface area contributed by atoms with Crippen LogP contribution in [0.15, 0.2) is 35.9 Å². The van der Waals surface area contributed by atoms with Crippen LogP contribution in [0.4, 0.5) is 0 Å². The van der Waals surface area contributed by atoms with Crippen LogP contribution in [0, 0.1) is 0 Å². The molecular weight excluding hydrogens is 485 g/mol. The summed E-state index contributed by atoms with van der Waals surface area (Å²) in [4.78, 5) is 27.6. The van der Waals surface area contributed by atoms with Crippen molar-refractivity contribution in [2.75, 3.05) is 41.6 Å². The second-order valence-electron chi connectivity index (χ2n) is 7.39. The number of ether oxygens (including phenoxy) is 4. The van der Waals surface area contributed by atoms with Crippen LogP contribution in [0.5, 0.6) is 17.2 Å². The highest BCUT2D eigenvalue weighted by Crippen LogP contribution is 2.46. The van der Waals surface area contributed by atoms with Gasteiger partial charge < -0.3 is 29.0 Å². The molecule has 0 saturated carbocycles. The second kappa shape index (κ2) is 11.0. The highest BCUT2D eigenvalue weighted by atomic mass is 35.5. The molecule has 0 bridgehead atoms. The number of hydrogen-bond donors (Lipinski definition) is 1. The number of carbonyl (C=O) groups is 2. The molecule has 3 rings (SSSR count). The number of benzene rings is 2. The lowest BCUT2D eigenvalue weighted by Crippen LogP contribution is -2.31. The van der Waals surface area contributed by atoms with Gasteiger partial charge in [-0.15, -0.1) is 0 Å². The molecule has 1 atom stereocenters. The quantitative estimate of drug-likeness (QED) is 0.230. The smallest absolute Gasteiger partial charge is 0.295 e. The summed E-state index contributed by atoms with van der Waals surface area (Å²) < 4.78 is 21.2. The van der Waals surface area contributed by atoms with Gasteiger partial charge in [0.05, 0.1) is 43.0 Å². The van der Waals surface area contributed by atoms with Crippen LogP contribution in [0.2, 0.25) is 10.0 Å². The minimum Gasteiger partial charge on any atom is -0.507 e. The Morgan fingerprint density at radius 2 is 1.65 bits per heavy atom. The first-order valence-corrected chi connectivity index (χ1v) is 11.1. The van der Waals surface area contributed by atoms with E-state index in [-0.39, 0.29) is 33.5 Å². The summed E-state index contributed by atoms with van der Waals surface area (Å²) in [5, 5.41) is 11.5. The number of rotatable bonds is 9. The maximum absolute atomic E-state index is 13.2. The molecule has 0 radical (unpaired) electrons. The Labute approximate surface area is 207 Å². The van der Waals surface area contributed by atoms with Crippen LogP contribution in [0.1, 0.15) is 23.6 Å². The molecule has 0 aliphatic carbocycles. The summed E-state index contributed by atoms with van der Waals surface area (Å²) in [7, 11) is 5.90. The number of carbonyl (C=O) groups excluding carboxylic acids is 2. The molecule has 34 heavy (non-hydrogen) atoms. The van der Waals surface area contributed by atoms with Gasteiger partial charge in [0.15, 0.2) is 17.2 Å². The van der Waals surface area contributed by atoms with E-state index in [1.165, 1.54) is 38.4 Å². The lowest BCUT2D eigenvalue weighted by Gasteiger charge is -2.27. The van der Waals surface area contributed by atoms with E-state index in [4.69, 9.17) is 42.1 Å². The maximum Gasteiger partial charge on any atom is 0.295 e. The lowest BCUT2D eigenvalue weighted by molar-refractivity contribution is -0.140. The van der Waals surface area contributed by atoms with Crippen molar-refractivity contribution in [3.63, 3.8) is 0 Å². The van der Waals surface area contributed by atoms with Gasteiger partial charge in [-0.25, -0.2) is 0 Å². The van der Waals surface area contributed by atoms with Crippen molar-refractivity contribution in [1.29, 1.82) is 0 Å². The molecule has 2 aromatic carbocycles. The van der Waals surface area contributed by atoms with E-state index in [9.17, 15) is 14.7 Å². The molecule has 0 aromatic heterocycles. The number of Topliss-reactive ketones (excluding diaryl/α,β-unsaturated/α-hetero) is 1. The second-order valence-corrected chi connectivity index (χ2v) is 8.21. The van der Waals surface area contributed by atoms with E-state index in [0.29, 0.717) is 30.1 Å². The number of para-hydroxylation sites is 1. The minimum atomic E-state index is -0.943. The van der Waals surface area contributed by atoms with Crippen molar-refractivity contribution in [3.05, 3.63) is 57.1 Å². The molecule has 1 N–H and O–H groups in total. The lowest BCUT2D eigenvalue weighted by atomic mass is 9.94. The zero-order chi connectivity index (χ0) is 25.0. The zero-order valence-corrected chi connectivity index (χ0v) is 20.7. The molecule has 10 heteroatoms. The SMILES string of the molecule is COCCCN1C(=O)C(=O)/C(=C(/O)c2cc(Cl)c(OC)c(Cl)c2)C1c1cccc(OC)c1OC. The molecule has 1 fully saturated rings. The van der Waals surface area contributed by atoms with Crippen LogP contribution >= 0.6 is 23.2 Å². The number of aliphatic hydroxyl groups excluding tert-OH is 1. The normalized spacial score (nSPS) is 17.2. The third-order valence-corrected chi connectivity index (χ3v) is 6.05. The van der Waals surface area contributed by atoms with Gasteiger partial charge in [-0.05, 0) is 24.6 Å². The summed E-state index contributed by atoms with van der Waals surface area (Å²) >= 11 is 12.5. The number of ketones is 1. The Bertz CT molecular complexity index is 1110. The molecule has 1 unspecified atom stereocenters. The van der Waals surface area contributed by atoms with E-state index >= 15 is 0 Å². The average Bonchev–Trinajstić information content (AvgIpc) is 3.07. The van der Waals surface area contributed by atoms with Crippen LogP contribution < -0.4 is 14.2 Å². The van der Waals surface area contributed by atoms with Gasteiger partial charge in [-0.3, -0.25) is 9.59 Å². The molecule has 2 aromatic rings. The van der Waals surface area contributed by atoms with Crippen molar-refractivity contribution in [2.24, 2.45) is 0 Å². The van der Waals surface area contributed by atoms with E-state index in [1.807, 2.05) is 0 Å². The summed E-state index contributed by atoms with van der Waals surface area (Å²) in [6, 6.07) is 7.01. The predicted molar refractivity (Wildman–Crippen MR) is 128 cm³/mol. The van der Waals surface area contributed by atoms with Crippen molar-refractivity contribution in [3.8, 4) is 17.2 Å². The van der Waals surface area contributed by atoms with Crippen LogP contribution in [0.3, 0.4) is 0 Å². The zero-order valence-electron chi connectivity index (χ0n) is 19.2. The fourth-order valence-corrected chi connectivity index (χ4v) is 4.63. The molecule has 1 saturated heterocycles. The number of hydrogen-bond acceptors (Lipinski definition) is 7. The topological polar surface area (TPSA) is 94.5 Å². The molecular formula is C24H25Cl2NO7. The van der Waals surface area contributed by atoms with E-state index < -0.39 is 23.5 Å². The van der Waals surface area contributed by atoms with Gasteiger partial charge >= 0.3 is 0 Å². The Balaban J connectivity index is 2.26. The Morgan fingerprint density at radius 3 is 2.21 bits per heavy atom. The van der Waals surface area contributed by atoms with Crippen molar-refractivity contribution >= 4 is 40.7 Å². The third kappa shape index (κ3) is 4.66. The fourth-order valence-electron chi connectivity index (χ4n) is 3.99. The molecule has 8 nitrogen and oxygen atoms in total. The van der Waals surface area contributed by atoms with Gasteiger partial charge in [0.2, 0.25) is 0 Å². The Morgan fingerprint density at radius 1 is 1.00 bits per heavy atom. The number of amides is 1. The first kappa shape index (κ1) is 25.7. The number of halogens is 2. The highest BCUT2D eigenvalue weighted by molar-refractivity contribution is 6.46. The van der Waals surface area contributed by atoms with E-state index in [1.54, 1.807) is 25.3 Å². The average molecular weight is 510 g/mol. The van der Waals surface area contributed by atoms with Crippen LogP contribution in [-0.2, 0) is 14.3 Å². The van der Waals surface area contributed by atoms with Gasteiger partial charge in [-0.1, -0.05) is 35.3 Å². The molecule has 182 valence electrons. The molecule has 1 aliphatic rings. The van der Waals surface area contributed by atoms with Gasteiger partial charge in [0.1, 0.15) is 5.76 Å². The largest absolute Gasteiger partial charge is 0.507 e. The third-order valence-electron chi connectivity index (χ3n) is 5.49. The first-order valence-electron chi connectivity index (χ1n) is 10.3. The number of methoxy groups -OCH3 is 4. The highest BCUT2D eigenvalue weighted by Gasteiger charge is 2.47. The number of likely N-dealkylation sites (tertiary alicyclic amines) is 1. The van der Waals surface area contributed by atoms with Crippen molar-refractivity contribution in [2.45, 2.75) is 12.5 Å². The predicted octanol–water partition coefficient (Wildman–Crippen LogP) is 4.48. The van der Waals surface area contributed by atoms with Gasteiger partial charge in [0, 0.05) is 31.4 Å². The van der Waals surface area contributed by atoms with Crippen LogP contribution in [0.25, 0.3) is 5.76 Å². The molecule has 0 spiro atoms. The fraction of sp³-hybridized carbons (Fsp3) is 0.333. The Kier molecular flexibility index (Phi) is 8.30. The van der Waals surface area contributed by atoms with Gasteiger partial charge in [-0.2, -0.15) is 0 Å². The first-order chi connectivity index (χ1) is 16.3. The van der Waals surface area contributed by atoms with Gasteiger partial charge in [0.25, 0.3) is 11.7 Å². The van der Waals surface area contributed by atoms with Crippen LogP contribution in [-0.4, -0.2) is 63.3 Å². The van der Waals surface area contributed by atoms with Crippen molar-refractivity contribution in [1.82, 2.24) is 4.90 Å². The Hall–Kier alpha value is -2.94. The number of aliphatic hydroxyl groups is 1. The maximum atomic E-state index is 13.2. The van der Waals surface area contributed by atoms with Crippen molar-refractivity contribution < 1.29 is 33.6 Å². The molecule has 1 aliphatic heterocycles. The number of nitrogens with zero attached hydrogens (tertiary/aromatic N) is 1. The summed E-state index contributed by atoms with van der Waals surface area (Å²) in [6.45, 7) is 0.596. The standard InChI is InChI=1S/C24H25Cl2NO7/c1-31-10-6-9-27-19(14-7-5-8-17(32-2)22(14)33-3)18(21(29)24(27)30)20(28)13-11-15(25)23(34-4)16(26)12-13/h5,7-8,11-12,19,28H,6,9-10H2,1-4H3/b20-18+. The summed E-state index contributed by atoms with van der Waals surface area (Å²) in [5.74, 6) is -1.03. The van der Waals surface area contributed by atoms with E-state index in [2.05, 4.69) is 0 Å². The molecule has 1 heterocycles.